The number of carboxylic acids is 1. The fourth-order valence-electron chi connectivity index (χ4n) is 1.33. The molecule has 0 spiro atoms. The number of aromatic nitrogens is 2. The van der Waals surface area contributed by atoms with E-state index in [1.165, 1.54) is 6.08 Å². The fraction of sp³-hybridized carbons (Fsp3) is 0. The summed E-state index contributed by atoms with van der Waals surface area (Å²) in [5.74, 6) is -0.859. The van der Waals surface area contributed by atoms with Crippen LogP contribution in [0.2, 0.25) is 0 Å². The van der Waals surface area contributed by atoms with Crippen molar-refractivity contribution >= 4 is 22.9 Å². The molecule has 2 aromatic rings. The number of rotatable bonds is 2. The average molecular weight is 216 g/mol. The molecular weight excluding hydrogens is 208 g/mol. The lowest BCUT2D eigenvalue weighted by Gasteiger charge is -1.97. The summed E-state index contributed by atoms with van der Waals surface area (Å²) in [4.78, 5) is 28.5. The lowest BCUT2D eigenvalue weighted by Crippen LogP contribution is -2.09. The summed E-state index contributed by atoms with van der Waals surface area (Å²) in [7, 11) is 0. The van der Waals surface area contributed by atoms with Gasteiger partial charge in [-0.25, -0.2) is 9.78 Å². The first kappa shape index (κ1) is 10.1. The first-order chi connectivity index (χ1) is 7.66. The predicted octanol–water partition coefficient (Wildman–Crippen LogP) is 1.02. The molecule has 1 heterocycles. The van der Waals surface area contributed by atoms with E-state index >= 15 is 0 Å². The highest BCUT2D eigenvalue weighted by molar-refractivity contribution is 5.85. The Hall–Kier alpha value is -2.43. The summed E-state index contributed by atoms with van der Waals surface area (Å²) in [6.45, 7) is 0. The standard InChI is InChI=1S/C11H8N2O3/c14-10(15)6-5-9-12-8-4-2-1-3-7(8)11(16)13-9/h1-6H,(H,14,15)(H,12,13,16). The number of benzene rings is 1. The Morgan fingerprint density at radius 1 is 1.38 bits per heavy atom. The topological polar surface area (TPSA) is 83.0 Å². The number of aromatic amines is 1. The van der Waals surface area contributed by atoms with Gasteiger partial charge >= 0.3 is 5.97 Å². The molecule has 2 N–H and O–H groups in total. The van der Waals surface area contributed by atoms with Crippen LogP contribution in [0.1, 0.15) is 5.82 Å². The molecule has 0 saturated heterocycles. The molecule has 16 heavy (non-hydrogen) atoms. The molecule has 0 unspecified atom stereocenters. The molecule has 0 fully saturated rings. The SMILES string of the molecule is O=C(O)C=Cc1nc2ccccc2c(=O)[nH]1. The van der Waals surface area contributed by atoms with Crippen LogP contribution in [0, 0.1) is 0 Å². The van der Waals surface area contributed by atoms with E-state index in [0.717, 1.165) is 6.08 Å². The Balaban J connectivity index is 2.58. The molecule has 0 aliphatic carbocycles. The van der Waals surface area contributed by atoms with Crippen LogP contribution in [0.5, 0.6) is 0 Å². The largest absolute Gasteiger partial charge is 0.478 e. The van der Waals surface area contributed by atoms with E-state index in [-0.39, 0.29) is 11.4 Å². The number of carboxylic acid groups (broad SMARTS) is 1. The minimum absolute atomic E-state index is 0.228. The number of fused-ring (bicyclic) bond motifs is 1. The van der Waals surface area contributed by atoms with Crippen molar-refractivity contribution in [2.75, 3.05) is 0 Å². The summed E-state index contributed by atoms with van der Waals surface area (Å²) in [5.41, 5.74) is 0.256. The molecule has 0 aliphatic rings. The zero-order valence-electron chi connectivity index (χ0n) is 8.18. The molecule has 1 aromatic heterocycles. The lowest BCUT2D eigenvalue weighted by molar-refractivity contribution is -0.131. The van der Waals surface area contributed by atoms with Gasteiger partial charge in [-0.1, -0.05) is 12.1 Å². The second-order valence-corrected chi connectivity index (χ2v) is 3.14. The van der Waals surface area contributed by atoms with E-state index < -0.39 is 5.97 Å². The average Bonchev–Trinajstić information content (AvgIpc) is 2.26. The Labute approximate surface area is 90.1 Å². The Bertz CT molecular complexity index is 628. The summed E-state index contributed by atoms with van der Waals surface area (Å²) in [6, 6.07) is 6.86. The van der Waals surface area contributed by atoms with Crippen LogP contribution >= 0.6 is 0 Å². The number of nitrogens with one attached hydrogen (secondary N) is 1. The quantitative estimate of drug-likeness (QED) is 0.734. The van der Waals surface area contributed by atoms with E-state index in [4.69, 9.17) is 5.11 Å². The molecule has 0 aliphatic heterocycles. The van der Waals surface area contributed by atoms with Gasteiger partial charge < -0.3 is 10.1 Å². The van der Waals surface area contributed by atoms with Gasteiger partial charge in [0.05, 0.1) is 10.9 Å². The second kappa shape index (κ2) is 3.98. The monoisotopic (exact) mass is 216 g/mol. The van der Waals surface area contributed by atoms with Crippen LogP contribution in [0.15, 0.2) is 35.1 Å². The first-order valence-corrected chi connectivity index (χ1v) is 4.57. The molecule has 5 heteroatoms. The molecule has 5 nitrogen and oxygen atoms in total. The van der Waals surface area contributed by atoms with Crippen molar-refractivity contribution in [1.29, 1.82) is 0 Å². The minimum Gasteiger partial charge on any atom is -0.478 e. The first-order valence-electron chi connectivity index (χ1n) is 4.57. The van der Waals surface area contributed by atoms with E-state index in [9.17, 15) is 9.59 Å². The van der Waals surface area contributed by atoms with E-state index in [1.807, 2.05) is 0 Å². The zero-order chi connectivity index (χ0) is 11.5. The van der Waals surface area contributed by atoms with Crippen molar-refractivity contribution < 1.29 is 9.90 Å². The number of nitrogens with zero attached hydrogens (tertiary/aromatic N) is 1. The van der Waals surface area contributed by atoms with Gasteiger partial charge in [-0.2, -0.15) is 0 Å². The maximum absolute atomic E-state index is 11.6. The van der Waals surface area contributed by atoms with Crippen molar-refractivity contribution in [3.8, 4) is 0 Å². The van der Waals surface area contributed by atoms with Crippen molar-refractivity contribution in [3.05, 3.63) is 46.5 Å². The van der Waals surface area contributed by atoms with Crippen molar-refractivity contribution in [2.24, 2.45) is 0 Å². The molecule has 0 amide bonds. The number of H-pyrrole nitrogens is 1. The highest BCUT2D eigenvalue weighted by atomic mass is 16.4. The molecule has 0 bridgehead atoms. The van der Waals surface area contributed by atoms with Crippen molar-refractivity contribution in [3.63, 3.8) is 0 Å². The van der Waals surface area contributed by atoms with Crippen LogP contribution in [0.3, 0.4) is 0 Å². The van der Waals surface area contributed by atoms with E-state index in [1.54, 1.807) is 24.3 Å². The normalized spacial score (nSPS) is 11.0. The van der Waals surface area contributed by atoms with E-state index in [2.05, 4.69) is 9.97 Å². The van der Waals surface area contributed by atoms with Crippen LogP contribution in [-0.2, 0) is 4.79 Å². The molecule has 1 aromatic carbocycles. The van der Waals surface area contributed by atoms with E-state index in [0.29, 0.717) is 10.9 Å². The fourth-order valence-corrected chi connectivity index (χ4v) is 1.33. The van der Waals surface area contributed by atoms with Crippen LogP contribution in [0.4, 0.5) is 0 Å². The summed E-state index contributed by atoms with van der Waals surface area (Å²) in [6.07, 6.45) is 2.17. The third kappa shape index (κ3) is 1.98. The number of para-hydroxylation sites is 1. The van der Waals surface area contributed by atoms with Crippen LogP contribution < -0.4 is 5.56 Å². The minimum atomic E-state index is -1.09. The molecular formula is C11H8N2O3. The van der Waals surface area contributed by atoms with Gasteiger partial charge in [-0.15, -0.1) is 0 Å². The molecule has 80 valence electrons. The maximum atomic E-state index is 11.6. The van der Waals surface area contributed by atoms with Gasteiger partial charge in [0.15, 0.2) is 0 Å². The number of hydrogen-bond donors (Lipinski definition) is 2. The smallest absolute Gasteiger partial charge is 0.328 e. The summed E-state index contributed by atoms with van der Waals surface area (Å²) < 4.78 is 0. The molecule has 0 atom stereocenters. The highest BCUT2D eigenvalue weighted by Gasteiger charge is 2.00. The lowest BCUT2D eigenvalue weighted by atomic mass is 10.2. The number of carbonyl (C=O) groups is 1. The van der Waals surface area contributed by atoms with Gasteiger partial charge in [-0.05, 0) is 18.2 Å². The Kier molecular flexibility index (Phi) is 2.51. The molecule has 0 radical (unpaired) electrons. The van der Waals surface area contributed by atoms with Gasteiger partial charge in [0, 0.05) is 6.08 Å². The van der Waals surface area contributed by atoms with Crippen LogP contribution in [0.25, 0.3) is 17.0 Å². The van der Waals surface area contributed by atoms with Crippen LogP contribution in [-0.4, -0.2) is 21.0 Å². The Morgan fingerprint density at radius 2 is 2.12 bits per heavy atom. The number of aliphatic carboxylic acids is 1. The zero-order valence-corrected chi connectivity index (χ0v) is 8.18. The van der Waals surface area contributed by atoms with Gasteiger partial charge in [0.2, 0.25) is 0 Å². The van der Waals surface area contributed by atoms with Crippen molar-refractivity contribution in [1.82, 2.24) is 9.97 Å². The Morgan fingerprint density at radius 3 is 2.88 bits per heavy atom. The van der Waals surface area contributed by atoms with Gasteiger partial charge in [0.1, 0.15) is 5.82 Å². The highest BCUT2D eigenvalue weighted by Crippen LogP contribution is 2.05. The third-order valence-electron chi connectivity index (χ3n) is 2.01. The predicted molar refractivity (Wildman–Crippen MR) is 59.0 cm³/mol. The maximum Gasteiger partial charge on any atom is 0.328 e. The molecule has 0 saturated carbocycles. The third-order valence-corrected chi connectivity index (χ3v) is 2.01. The van der Waals surface area contributed by atoms with Gasteiger partial charge in [-0.3, -0.25) is 4.79 Å². The second-order valence-electron chi connectivity index (χ2n) is 3.14. The summed E-state index contributed by atoms with van der Waals surface area (Å²) in [5, 5.41) is 8.93. The molecule has 2 rings (SSSR count). The number of hydrogen-bond acceptors (Lipinski definition) is 3. The van der Waals surface area contributed by atoms with Crippen molar-refractivity contribution in [2.45, 2.75) is 0 Å². The van der Waals surface area contributed by atoms with Gasteiger partial charge in [0.25, 0.3) is 5.56 Å². The summed E-state index contributed by atoms with van der Waals surface area (Å²) >= 11 is 0.